The van der Waals surface area contributed by atoms with Crippen molar-refractivity contribution in [1.82, 2.24) is 4.31 Å². The molecule has 0 N–H and O–H groups in total. The summed E-state index contributed by atoms with van der Waals surface area (Å²) in [5.41, 5.74) is 0.723. The third kappa shape index (κ3) is 5.42. The zero-order chi connectivity index (χ0) is 20.9. The molecule has 3 rings (SSSR count). The molecular weight excluding hydrogens is 421 g/mol. The van der Waals surface area contributed by atoms with Gasteiger partial charge in [-0.3, -0.25) is 0 Å². The average molecular weight is 440 g/mol. The zero-order valence-corrected chi connectivity index (χ0v) is 17.0. The normalized spacial score (nSPS) is 15.5. The van der Waals surface area contributed by atoms with Crippen LogP contribution in [0.4, 0.5) is 4.39 Å². The predicted molar refractivity (Wildman–Crippen MR) is 106 cm³/mol. The van der Waals surface area contributed by atoms with E-state index in [0.29, 0.717) is 31.9 Å². The Bertz CT molecular complexity index is 982. The number of carbonyl (C=O) groups is 1. The minimum atomic E-state index is -3.57. The van der Waals surface area contributed by atoms with Gasteiger partial charge in [0, 0.05) is 24.7 Å². The molecule has 9 heteroatoms. The van der Waals surface area contributed by atoms with Crippen LogP contribution in [0.15, 0.2) is 53.4 Å². The Morgan fingerprint density at radius 3 is 2.52 bits per heavy atom. The molecule has 1 aliphatic heterocycles. The van der Waals surface area contributed by atoms with Crippen LogP contribution in [-0.2, 0) is 30.9 Å². The van der Waals surface area contributed by atoms with Crippen LogP contribution in [0.5, 0.6) is 0 Å². The molecule has 0 saturated carbocycles. The largest absolute Gasteiger partial charge is 0.457 e. The van der Waals surface area contributed by atoms with Crippen molar-refractivity contribution in [2.45, 2.75) is 11.5 Å². The summed E-state index contributed by atoms with van der Waals surface area (Å²) >= 11 is 5.88. The second-order valence-corrected chi connectivity index (χ2v) is 8.57. The van der Waals surface area contributed by atoms with Crippen LogP contribution in [0.2, 0.25) is 5.02 Å². The number of rotatable bonds is 6. The van der Waals surface area contributed by atoms with Gasteiger partial charge in [-0.2, -0.15) is 4.31 Å². The first-order valence-corrected chi connectivity index (χ1v) is 10.7. The number of morpholine rings is 1. The van der Waals surface area contributed by atoms with E-state index in [-0.39, 0.29) is 22.1 Å². The van der Waals surface area contributed by atoms with Crippen molar-refractivity contribution in [3.63, 3.8) is 0 Å². The molecule has 29 heavy (non-hydrogen) atoms. The highest BCUT2D eigenvalue weighted by Crippen LogP contribution is 2.20. The van der Waals surface area contributed by atoms with Gasteiger partial charge in [0.25, 0.3) is 0 Å². The molecule has 154 valence electrons. The minimum absolute atomic E-state index is 0.105. The SMILES string of the molecule is O=C(/C=C/c1ccc(S(=O)(=O)N2CCOCC2)cc1)OCc1c(F)cccc1Cl. The Morgan fingerprint density at radius 1 is 1.17 bits per heavy atom. The van der Waals surface area contributed by atoms with Crippen LogP contribution in [-0.4, -0.2) is 45.0 Å². The van der Waals surface area contributed by atoms with E-state index in [1.54, 1.807) is 12.1 Å². The fourth-order valence-corrected chi connectivity index (χ4v) is 4.34. The van der Waals surface area contributed by atoms with E-state index in [9.17, 15) is 17.6 Å². The van der Waals surface area contributed by atoms with Gasteiger partial charge >= 0.3 is 5.97 Å². The van der Waals surface area contributed by atoms with Gasteiger partial charge < -0.3 is 9.47 Å². The number of nitrogens with zero attached hydrogens (tertiary/aromatic N) is 1. The lowest BCUT2D eigenvalue weighted by Crippen LogP contribution is -2.40. The molecule has 1 aliphatic rings. The highest BCUT2D eigenvalue weighted by Gasteiger charge is 2.25. The minimum Gasteiger partial charge on any atom is -0.457 e. The Kier molecular flexibility index (Phi) is 7.02. The smallest absolute Gasteiger partial charge is 0.331 e. The molecule has 0 amide bonds. The fraction of sp³-hybridized carbons (Fsp3) is 0.250. The number of halogens is 2. The quantitative estimate of drug-likeness (QED) is 0.510. The van der Waals surface area contributed by atoms with Crippen molar-refractivity contribution in [2.24, 2.45) is 0 Å². The van der Waals surface area contributed by atoms with Gasteiger partial charge in [0.15, 0.2) is 0 Å². The van der Waals surface area contributed by atoms with Crippen LogP contribution in [0.25, 0.3) is 6.08 Å². The Balaban J connectivity index is 1.60. The highest BCUT2D eigenvalue weighted by molar-refractivity contribution is 7.89. The lowest BCUT2D eigenvalue weighted by Gasteiger charge is -2.26. The van der Waals surface area contributed by atoms with Gasteiger partial charge in [0.1, 0.15) is 12.4 Å². The van der Waals surface area contributed by atoms with Gasteiger partial charge in [0.05, 0.1) is 23.1 Å². The van der Waals surface area contributed by atoms with E-state index < -0.39 is 21.8 Å². The number of ether oxygens (including phenoxy) is 2. The summed E-state index contributed by atoms with van der Waals surface area (Å²) in [6.45, 7) is 1.11. The summed E-state index contributed by atoms with van der Waals surface area (Å²) in [5.74, 6) is -1.22. The van der Waals surface area contributed by atoms with E-state index >= 15 is 0 Å². The van der Waals surface area contributed by atoms with Crippen LogP contribution < -0.4 is 0 Å². The molecule has 1 fully saturated rings. The van der Waals surface area contributed by atoms with Gasteiger partial charge in [-0.1, -0.05) is 29.8 Å². The number of hydrogen-bond donors (Lipinski definition) is 0. The number of esters is 1. The van der Waals surface area contributed by atoms with Gasteiger partial charge in [-0.15, -0.1) is 0 Å². The maximum absolute atomic E-state index is 13.7. The van der Waals surface area contributed by atoms with Crippen molar-refractivity contribution in [1.29, 1.82) is 0 Å². The van der Waals surface area contributed by atoms with Gasteiger partial charge in [0.2, 0.25) is 10.0 Å². The number of carbonyl (C=O) groups excluding carboxylic acids is 1. The average Bonchev–Trinajstić information content (AvgIpc) is 2.73. The third-order valence-electron chi connectivity index (χ3n) is 4.32. The maximum atomic E-state index is 13.7. The summed E-state index contributed by atoms with van der Waals surface area (Å²) in [7, 11) is -3.57. The van der Waals surface area contributed by atoms with Crippen LogP contribution >= 0.6 is 11.6 Å². The van der Waals surface area contributed by atoms with Crippen molar-refractivity contribution < 1.29 is 27.1 Å². The van der Waals surface area contributed by atoms with E-state index in [1.807, 2.05) is 0 Å². The number of benzene rings is 2. The number of sulfonamides is 1. The Morgan fingerprint density at radius 2 is 1.86 bits per heavy atom. The molecule has 0 aliphatic carbocycles. The summed E-state index contributed by atoms with van der Waals surface area (Å²) in [5, 5.41) is 0.179. The van der Waals surface area contributed by atoms with Crippen molar-refractivity contribution in [3.05, 3.63) is 70.5 Å². The second-order valence-electron chi connectivity index (χ2n) is 6.23. The van der Waals surface area contributed by atoms with E-state index in [0.717, 1.165) is 0 Å². The molecule has 0 radical (unpaired) electrons. The zero-order valence-electron chi connectivity index (χ0n) is 15.4. The van der Waals surface area contributed by atoms with Gasteiger partial charge in [-0.05, 0) is 35.9 Å². The summed E-state index contributed by atoms with van der Waals surface area (Å²) in [4.78, 5) is 12.0. The molecule has 0 aromatic heterocycles. The van der Waals surface area contributed by atoms with Crippen LogP contribution in [0.3, 0.4) is 0 Å². The van der Waals surface area contributed by atoms with E-state index in [1.165, 1.54) is 46.8 Å². The van der Waals surface area contributed by atoms with Crippen molar-refractivity contribution in [3.8, 4) is 0 Å². The highest BCUT2D eigenvalue weighted by atomic mass is 35.5. The lowest BCUT2D eigenvalue weighted by atomic mass is 10.2. The predicted octanol–water partition coefficient (Wildman–Crippen LogP) is 3.26. The van der Waals surface area contributed by atoms with Crippen molar-refractivity contribution in [2.75, 3.05) is 26.3 Å². The molecular formula is C20H19ClFNO5S. The molecule has 1 saturated heterocycles. The maximum Gasteiger partial charge on any atom is 0.331 e. The monoisotopic (exact) mass is 439 g/mol. The molecule has 2 aromatic carbocycles. The molecule has 0 atom stereocenters. The van der Waals surface area contributed by atoms with Crippen LogP contribution in [0, 0.1) is 5.82 Å². The fourth-order valence-electron chi connectivity index (χ4n) is 2.71. The Labute approximate surface area is 173 Å². The van der Waals surface area contributed by atoms with Crippen LogP contribution in [0.1, 0.15) is 11.1 Å². The number of hydrogen-bond acceptors (Lipinski definition) is 5. The Hall–Kier alpha value is -2.26. The first-order valence-electron chi connectivity index (χ1n) is 8.83. The summed E-state index contributed by atoms with van der Waals surface area (Å²) in [6, 6.07) is 10.3. The topological polar surface area (TPSA) is 72.9 Å². The first kappa shape index (κ1) is 21.4. The lowest BCUT2D eigenvalue weighted by molar-refractivity contribution is -0.138. The molecule has 6 nitrogen and oxygen atoms in total. The second kappa shape index (κ2) is 9.49. The molecule has 0 spiro atoms. The van der Waals surface area contributed by atoms with Gasteiger partial charge in [-0.25, -0.2) is 17.6 Å². The third-order valence-corrected chi connectivity index (χ3v) is 6.59. The standard InChI is InChI=1S/C20H19ClFNO5S/c21-18-2-1-3-19(22)17(18)14-28-20(24)9-6-15-4-7-16(8-5-15)29(25,26)23-10-12-27-13-11-23/h1-9H,10-14H2/b9-6+. The molecule has 2 aromatic rings. The van der Waals surface area contributed by atoms with Crippen molar-refractivity contribution >= 4 is 33.7 Å². The molecule has 1 heterocycles. The van der Waals surface area contributed by atoms with E-state index in [4.69, 9.17) is 21.1 Å². The van der Waals surface area contributed by atoms with E-state index in [2.05, 4.69) is 0 Å². The molecule has 0 unspecified atom stereocenters. The summed E-state index contributed by atoms with van der Waals surface area (Å²) in [6.07, 6.45) is 2.66. The molecule has 0 bridgehead atoms. The first-order chi connectivity index (χ1) is 13.9. The summed E-state index contributed by atoms with van der Waals surface area (Å²) < 4.78 is 50.4.